The second-order valence-electron chi connectivity index (χ2n) is 11.2. The van der Waals surface area contributed by atoms with Gasteiger partial charge in [0.05, 0.1) is 12.2 Å². The summed E-state index contributed by atoms with van der Waals surface area (Å²) in [5.41, 5.74) is 1.32. The van der Waals surface area contributed by atoms with E-state index in [1.54, 1.807) is 6.07 Å². The molecule has 2 fully saturated rings. The minimum Gasteiger partial charge on any atom is -0.492 e. The van der Waals surface area contributed by atoms with Gasteiger partial charge in [-0.3, -0.25) is 4.79 Å². The van der Waals surface area contributed by atoms with E-state index in [0.29, 0.717) is 41.9 Å². The maximum Gasteiger partial charge on any atom is 0.326 e. The number of carboxylic acids is 1. The standard InChI is InChI=1S/C30H36F3NO4/c1-18-13-19(2)15-21(14-18)3-8-26(29(36)37)34-28(35)25-6-4-22-16-23(31)5-7-24(22)27(25)38-17-20-9-11-30(32,33)12-10-20/h4-7,16,19-21,26H,1,3,8-15,17H2,2H3,(H,34,35)(H,36,37)/t19?,21?,26-/m0/s1. The first-order valence-electron chi connectivity index (χ1n) is 13.4. The summed E-state index contributed by atoms with van der Waals surface area (Å²) in [5, 5.41) is 13.5. The fraction of sp³-hybridized carbons (Fsp3) is 0.533. The number of ether oxygens (including phenoxy) is 1. The summed E-state index contributed by atoms with van der Waals surface area (Å²) in [6.07, 6.45) is 4.02. The van der Waals surface area contributed by atoms with E-state index in [9.17, 15) is 27.9 Å². The molecule has 38 heavy (non-hydrogen) atoms. The number of fused-ring (bicyclic) bond motifs is 1. The van der Waals surface area contributed by atoms with Crippen LogP contribution >= 0.6 is 0 Å². The summed E-state index contributed by atoms with van der Waals surface area (Å²) >= 11 is 0. The second kappa shape index (κ2) is 11.8. The predicted octanol–water partition coefficient (Wildman–Crippen LogP) is 7.14. The fourth-order valence-corrected chi connectivity index (χ4v) is 5.91. The summed E-state index contributed by atoms with van der Waals surface area (Å²) in [6.45, 7) is 6.41. The van der Waals surface area contributed by atoms with Crippen LogP contribution in [0.4, 0.5) is 13.2 Å². The molecule has 1 amide bonds. The molecule has 0 spiro atoms. The highest BCUT2D eigenvalue weighted by Crippen LogP contribution is 2.38. The van der Waals surface area contributed by atoms with Gasteiger partial charge in [0, 0.05) is 18.2 Å². The Morgan fingerprint density at radius 1 is 1.16 bits per heavy atom. The SMILES string of the molecule is C=C1CC(C)CC(CC[C@H](NC(=O)c2ccc3cc(F)ccc3c2OCC2CCC(F)(F)CC2)C(=O)O)C1. The minimum absolute atomic E-state index is 0.0966. The second-order valence-corrected chi connectivity index (χ2v) is 11.2. The van der Waals surface area contributed by atoms with Gasteiger partial charge < -0.3 is 15.2 Å². The lowest BCUT2D eigenvalue weighted by Crippen LogP contribution is -2.41. The summed E-state index contributed by atoms with van der Waals surface area (Å²) in [7, 11) is 0. The van der Waals surface area contributed by atoms with Gasteiger partial charge in [0.1, 0.15) is 17.6 Å². The normalized spacial score (nSPS) is 22.7. The number of carbonyl (C=O) groups is 2. The van der Waals surface area contributed by atoms with E-state index in [1.165, 1.54) is 29.8 Å². The Hall–Kier alpha value is -3.03. The summed E-state index contributed by atoms with van der Waals surface area (Å²) < 4.78 is 47.1. The van der Waals surface area contributed by atoms with Crippen molar-refractivity contribution in [3.8, 4) is 5.75 Å². The zero-order valence-corrected chi connectivity index (χ0v) is 21.8. The van der Waals surface area contributed by atoms with Crippen LogP contribution in [-0.2, 0) is 4.79 Å². The maximum absolute atomic E-state index is 13.9. The molecular formula is C30H36F3NO4. The van der Waals surface area contributed by atoms with Gasteiger partial charge in [0.15, 0.2) is 0 Å². The van der Waals surface area contributed by atoms with Crippen molar-refractivity contribution in [2.45, 2.75) is 76.7 Å². The Morgan fingerprint density at radius 3 is 2.58 bits per heavy atom. The number of carbonyl (C=O) groups excluding carboxylic acids is 1. The Morgan fingerprint density at radius 2 is 1.89 bits per heavy atom. The molecule has 3 atom stereocenters. The minimum atomic E-state index is -2.66. The lowest BCUT2D eigenvalue weighted by molar-refractivity contribution is -0.139. The highest BCUT2D eigenvalue weighted by Gasteiger charge is 2.35. The third kappa shape index (κ3) is 7.08. The highest BCUT2D eigenvalue weighted by atomic mass is 19.3. The number of amides is 1. The number of hydrogen-bond donors (Lipinski definition) is 2. The van der Waals surface area contributed by atoms with Gasteiger partial charge in [-0.25, -0.2) is 18.0 Å². The molecule has 0 saturated heterocycles. The Bertz CT molecular complexity index is 1190. The van der Waals surface area contributed by atoms with Gasteiger partial charge in [-0.2, -0.15) is 0 Å². The first kappa shape index (κ1) is 28.0. The largest absolute Gasteiger partial charge is 0.492 e. The molecular weight excluding hydrogens is 495 g/mol. The first-order chi connectivity index (χ1) is 18.0. The smallest absolute Gasteiger partial charge is 0.326 e. The number of allylic oxidation sites excluding steroid dienone is 1. The molecule has 2 aliphatic rings. The quantitative estimate of drug-likeness (QED) is 0.337. The molecule has 4 rings (SSSR count). The van der Waals surface area contributed by atoms with Crippen LogP contribution in [0.1, 0.15) is 75.1 Å². The third-order valence-corrected chi connectivity index (χ3v) is 7.89. The number of nitrogens with one attached hydrogen (secondary N) is 1. The Labute approximate surface area is 221 Å². The van der Waals surface area contributed by atoms with Crippen LogP contribution in [0.2, 0.25) is 0 Å². The number of hydrogen-bond acceptors (Lipinski definition) is 3. The molecule has 2 unspecified atom stereocenters. The molecule has 0 heterocycles. The Kier molecular flexibility index (Phi) is 8.68. The maximum atomic E-state index is 13.9. The van der Waals surface area contributed by atoms with Crippen LogP contribution in [0.15, 0.2) is 42.5 Å². The lowest BCUT2D eigenvalue weighted by atomic mass is 9.77. The zero-order chi connectivity index (χ0) is 27.4. The van der Waals surface area contributed by atoms with Gasteiger partial charge in [-0.1, -0.05) is 25.1 Å². The molecule has 0 bridgehead atoms. The van der Waals surface area contributed by atoms with E-state index < -0.39 is 29.7 Å². The molecule has 206 valence electrons. The molecule has 2 aliphatic carbocycles. The van der Waals surface area contributed by atoms with Crippen molar-refractivity contribution < 1.29 is 32.6 Å². The topological polar surface area (TPSA) is 75.6 Å². The van der Waals surface area contributed by atoms with E-state index in [0.717, 1.165) is 19.3 Å². The summed E-state index contributed by atoms with van der Waals surface area (Å²) in [4.78, 5) is 25.4. The van der Waals surface area contributed by atoms with E-state index in [2.05, 4.69) is 18.8 Å². The first-order valence-corrected chi connectivity index (χ1v) is 13.4. The van der Waals surface area contributed by atoms with Gasteiger partial charge in [0.25, 0.3) is 5.91 Å². The molecule has 2 aromatic rings. The van der Waals surface area contributed by atoms with Crippen LogP contribution < -0.4 is 10.1 Å². The molecule has 2 N–H and O–H groups in total. The van der Waals surface area contributed by atoms with Crippen molar-refractivity contribution in [1.29, 1.82) is 0 Å². The highest BCUT2D eigenvalue weighted by molar-refractivity contribution is 6.04. The molecule has 0 aliphatic heterocycles. The van der Waals surface area contributed by atoms with Gasteiger partial charge in [-0.15, -0.1) is 0 Å². The number of carboxylic acid groups (broad SMARTS) is 1. The van der Waals surface area contributed by atoms with Crippen molar-refractivity contribution in [3.63, 3.8) is 0 Å². The van der Waals surface area contributed by atoms with E-state index >= 15 is 0 Å². The number of alkyl halides is 2. The predicted molar refractivity (Wildman–Crippen MR) is 140 cm³/mol. The van der Waals surface area contributed by atoms with Gasteiger partial charge in [0.2, 0.25) is 5.92 Å². The van der Waals surface area contributed by atoms with E-state index in [-0.39, 0.29) is 43.1 Å². The van der Waals surface area contributed by atoms with Crippen molar-refractivity contribution in [2.24, 2.45) is 17.8 Å². The van der Waals surface area contributed by atoms with Gasteiger partial charge in [-0.05, 0) is 92.4 Å². The molecule has 2 aromatic carbocycles. The fourth-order valence-electron chi connectivity index (χ4n) is 5.91. The molecule has 0 aromatic heterocycles. The van der Waals surface area contributed by atoms with Crippen molar-refractivity contribution in [2.75, 3.05) is 6.61 Å². The monoisotopic (exact) mass is 531 g/mol. The van der Waals surface area contributed by atoms with Crippen molar-refractivity contribution >= 4 is 22.6 Å². The molecule has 8 heteroatoms. The van der Waals surface area contributed by atoms with E-state index in [4.69, 9.17) is 4.74 Å². The van der Waals surface area contributed by atoms with Crippen LogP contribution in [-0.4, -0.2) is 35.6 Å². The van der Waals surface area contributed by atoms with Gasteiger partial charge >= 0.3 is 5.97 Å². The number of aliphatic carboxylic acids is 1. The van der Waals surface area contributed by atoms with E-state index in [1.807, 2.05) is 0 Å². The van der Waals surface area contributed by atoms with Crippen LogP contribution in [0, 0.1) is 23.6 Å². The Balaban J connectivity index is 1.50. The lowest BCUT2D eigenvalue weighted by Gasteiger charge is -2.29. The molecule has 5 nitrogen and oxygen atoms in total. The average Bonchev–Trinajstić information content (AvgIpc) is 2.84. The number of benzene rings is 2. The van der Waals surface area contributed by atoms with Crippen LogP contribution in [0.3, 0.4) is 0 Å². The zero-order valence-electron chi connectivity index (χ0n) is 21.8. The number of halogens is 3. The van der Waals surface area contributed by atoms with Crippen LogP contribution in [0.25, 0.3) is 10.8 Å². The summed E-state index contributed by atoms with van der Waals surface area (Å²) in [5.74, 6) is -3.86. The van der Waals surface area contributed by atoms with Crippen molar-refractivity contribution in [1.82, 2.24) is 5.32 Å². The average molecular weight is 532 g/mol. The molecule has 0 radical (unpaired) electrons. The summed E-state index contributed by atoms with van der Waals surface area (Å²) in [6, 6.07) is 6.10. The number of rotatable bonds is 9. The van der Waals surface area contributed by atoms with Crippen molar-refractivity contribution in [3.05, 3.63) is 53.9 Å². The third-order valence-electron chi connectivity index (χ3n) is 7.89. The molecule has 2 saturated carbocycles. The van der Waals surface area contributed by atoms with Crippen LogP contribution in [0.5, 0.6) is 5.75 Å².